The number of benzene rings is 13. The molecule has 0 N–H and O–H groups in total. The third-order valence-electron chi connectivity index (χ3n) is 14.8. The van der Waals surface area contributed by atoms with Crippen LogP contribution in [0.4, 0.5) is 0 Å². The second kappa shape index (κ2) is 17.7. The Bertz CT molecular complexity index is 4350. The van der Waals surface area contributed by atoms with Gasteiger partial charge in [0.05, 0.1) is 46.5 Å². The molecule has 0 bridgehead atoms. The van der Waals surface area contributed by atoms with E-state index in [1.54, 1.807) is 0 Å². The van der Waals surface area contributed by atoms with E-state index >= 15 is 0 Å². The summed E-state index contributed by atoms with van der Waals surface area (Å²) in [6, 6.07) is 88.3. The van der Waals surface area contributed by atoms with Gasteiger partial charge in [-0.1, -0.05) is 182 Å². The highest BCUT2D eigenvalue weighted by Gasteiger charge is 2.32. The van der Waals surface area contributed by atoms with Crippen LogP contribution in [0.25, 0.3) is 131 Å². The van der Waals surface area contributed by atoms with Crippen molar-refractivity contribution in [2.45, 2.75) is 0 Å². The van der Waals surface area contributed by atoms with Crippen LogP contribution in [0.1, 0.15) is 22.3 Å². The molecule has 0 fully saturated rings. The number of nitrogens with zero attached hydrogens (tertiary/aromatic N) is 4. The Kier molecular flexibility index (Phi) is 10.4. The third kappa shape index (κ3) is 6.80. The van der Waals surface area contributed by atoms with Gasteiger partial charge in [-0.3, -0.25) is 0 Å². The molecular formula is C70H38N4. The number of hydrogen-bond acceptors (Lipinski definition) is 4. The van der Waals surface area contributed by atoms with Crippen molar-refractivity contribution in [3.05, 3.63) is 253 Å². The van der Waals surface area contributed by atoms with E-state index in [0.29, 0.717) is 33.4 Å². The van der Waals surface area contributed by atoms with Crippen molar-refractivity contribution in [3.8, 4) is 91.0 Å². The number of fused-ring (bicyclic) bond motifs is 12. The van der Waals surface area contributed by atoms with Crippen LogP contribution in [0.5, 0.6) is 0 Å². The van der Waals surface area contributed by atoms with E-state index < -0.39 is 0 Å². The Morgan fingerprint density at radius 1 is 0.203 bits per heavy atom. The fraction of sp³-hybridized carbons (Fsp3) is 0. The number of hydrogen-bond donors (Lipinski definition) is 0. The molecule has 0 aliphatic carbocycles. The molecule has 0 unspecified atom stereocenters. The lowest BCUT2D eigenvalue weighted by molar-refractivity contribution is 1.45. The van der Waals surface area contributed by atoms with Gasteiger partial charge < -0.3 is 0 Å². The molecule has 0 heterocycles. The summed E-state index contributed by atoms with van der Waals surface area (Å²) in [6.45, 7) is 0. The smallest absolute Gasteiger partial charge is 0.0998 e. The lowest BCUT2D eigenvalue weighted by Crippen LogP contribution is -2.04. The average molecular weight is 935 g/mol. The Balaban J connectivity index is 1.33. The highest BCUT2D eigenvalue weighted by Crippen LogP contribution is 2.58. The standard InChI is InChI=1S/C70H38N4/c71-39-43-15-13-19-45(35-43)65-66(46-20-14-16-44(36-46)40-72)68(48-32-34-62-58-28-8-6-24-54(58)56-26-10-12-30-60(56)64(62)38-48)70(52-22-4-2-18-50(52)42-74)69(51-21-3-1-17-49(51)41-73)67(65)47-31-33-61-57-27-7-5-23-53(57)55-25-9-11-29-59(55)63(61)37-47/h1-38H. The van der Waals surface area contributed by atoms with Crippen molar-refractivity contribution in [2.75, 3.05) is 0 Å². The van der Waals surface area contributed by atoms with Crippen LogP contribution in [0.2, 0.25) is 0 Å². The first-order chi connectivity index (χ1) is 36.6. The minimum atomic E-state index is 0.458. The molecule has 13 aromatic rings. The van der Waals surface area contributed by atoms with Gasteiger partial charge in [0.2, 0.25) is 0 Å². The zero-order valence-electron chi connectivity index (χ0n) is 39.7. The molecule has 0 aliphatic heterocycles. The van der Waals surface area contributed by atoms with E-state index in [0.717, 1.165) is 120 Å². The van der Waals surface area contributed by atoms with Gasteiger partial charge >= 0.3 is 0 Å². The minimum absolute atomic E-state index is 0.458. The van der Waals surface area contributed by atoms with Crippen molar-refractivity contribution < 1.29 is 0 Å². The SMILES string of the molecule is N#Cc1cccc(-c2c(-c3cccc(C#N)c3)c(-c3ccc4c5ccccc5c5ccccc5c4c3)c(-c3ccccc3C#N)c(-c3ccccc3C#N)c2-c2ccc3c4ccccc4c4ccccc4c3c2)c1. The van der Waals surface area contributed by atoms with Gasteiger partial charge in [0, 0.05) is 11.1 Å². The van der Waals surface area contributed by atoms with Crippen LogP contribution >= 0.6 is 0 Å². The summed E-state index contributed by atoms with van der Waals surface area (Å²) < 4.78 is 0. The maximum absolute atomic E-state index is 11.2. The topological polar surface area (TPSA) is 95.2 Å². The number of nitriles is 4. The normalized spacial score (nSPS) is 11.2. The molecule has 0 spiro atoms. The Hall–Kier alpha value is -10.6. The molecule has 0 saturated carbocycles. The maximum atomic E-state index is 11.2. The first-order valence-corrected chi connectivity index (χ1v) is 24.5. The Morgan fingerprint density at radius 2 is 0.486 bits per heavy atom. The molecule has 0 saturated heterocycles. The summed E-state index contributed by atoms with van der Waals surface area (Å²) in [5.41, 5.74) is 11.3. The van der Waals surface area contributed by atoms with Crippen molar-refractivity contribution in [1.29, 1.82) is 21.0 Å². The van der Waals surface area contributed by atoms with Gasteiger partial charge in [-0.05, 0) is 169 Å². The van der Waals surface area contributed by atoms with Crippen molar-refractivity contribution in [2.24, 2.45) is 0 Å². The second-order valence-electron chi connectivity index (χ2n) is 18.7. The van der Waals surface area contributed by atoms with Crippen LogP contribution in [0.3, 0.4) is 0 Å². The van der Waals surface area contributed by atoms with Gasteiger partial charge in [0.1, 0.15) is 0 Å². The zero-order valence-corrected chi connectivity index (χ0v) is 39.7. The molecule has 4 heteroatoms. The van der Waals surface area contributed by atoms with Gasteiger partial charge in [0.15, 0.2) is 0 Å². The third-order valence-corrected chi connectivity index (χ3v) is 14.8. The molecule has 4 nitrogen and oxygen atoms in total. The summed E-state index contributed by atoms with van der Waals surface area (Å²) in [5.74, 6) is 0. The quantitative estimate of drug-likeness (QED) is 0.155. The first-order valence-electron chi connectivity index (χ1n) is 24.5. The fourth-order valence-corrected chi connectivity index (χ4v) is 11.7. The van der Waals surface area contributed by atoms with E-state index in [2.05, 4.69) is 158 Å². The highest BCUT2D eigenvalue weighted by molar-refractivity contribution is 6.28. The van der Waals surface area contributed by atoms with Crippen LogP contribution in [0.15, 0.2) is 231 Å². The van der Waals surface area contributed by atoms with Crippen LogP contribution in [-0.2, 0) is 0 Å². The lowest BCUT2D eigenvalue weighted by Gasteiger charge is -2.29. The van der Waals surface area contributed by atoms with Gasteiger partial charge in [-0.2, -0.15) is 21.0 Å². The van der Waals surface area contributed by atoms with E-state index in [4.69, 9.17) is 0 Å². The highest BCUT2D eigenvalue weighted by atomic mass is 14.4. The molecule has 0 aliphatic rings. The zero-order chi connectivity index (χ0) is 49.9. The fourth-order valence-electron chi connectivity index (χ4n) is 11.7. The molecule has 13 aromatic carbocycles. The van der Waals surface area contributed by atoms with Gasteiger partial charge in [0.25, 0.3) is 0 Å². The monoisotopic (exact) mass is 934 g/mol. The molecule has 74 heavy (non-hydrogen) atoms. The lowest BCUT2D eigenvalue weighted by atomic mass is 9.72. The largest absolute Gasteiger partial charge is 0.192 e. The first kappa shape index (κ1) is 43.4. The summed E-state index contributed by atoms with van der Waals surface area (Å²) in [4.78, 5) is 0. The minimum Gasteiger partial charge on any atom is -0.192 e. The summed E-state index contributed by atoms with van der Waals surface area (Å²) in [5, 5.41) is 57.1. The summed E-state index contributed by atoms with van der Waals surface area (Å²) in [7, 11) is 0. The molecule has 338 valence electrons. The molecule has 13 rings (SSSR count). The van der Waals surface area contributed by atoms with Crippen LogP contribution in [0, 0.1) is 45.3 Å². The Morgan fingerprint density at radius 3 is 0.824 bits per heavy atom. The van der Waals surface area contributed by atoms with Crippen molar-refractivity contribution >= 4 is 64.6 Å². The molecule has 0 atom stereocenters. The number of rotatable bonds is 6. The Labute approximate surface area is 427 Å². The second-order valence-corrected chi connectivity index (χ2v) is 18.7. The summed E-state index contributed by atoms with van der Waals surface area (Å²) in [6.07, 6.45) is 0. The van der Waals surface area contributed by atoms with E-state index in [-0.39, 0.29) is 0 Å². The van der Waals surface area contributed by atoms with Gasteiger partial charge in [-0.25, -0.2) is 0 Å². The van der Waals surface area contributed by atoms with E-state index in [1.165, 1.54) is 0 Å². The molecular weight excluding hydrogens is 897 g/mol. The van der Waals surface area contributed by atoms with E-state index in [1.807, 2.05) is 97.1 Å². The average Bonchev–Trinajstić information content (AvgIpc) is 3.48. The van der Waals surface area contributed by atoms with Crippen molar-refractivity contribution in [3.63, 3.8) is 0 Å². The van der Waals surface area contributed by atoms with Crippen LogP contribution in [-0.4, -0.2) is 0 Å². The van der Waals surface area contributed by atoms with Gasteiger partial charge in [-0.15, -0.1) is 0 Å². The molecule has 0 aromatic heterocycles. The van der Waals surface area contributed by atoms with Crippen LogP contribution < -0.4 is 0 Å². The maximum Gasteiger partial charge on any atom is 0.0998 e. The molecule has 0 amide bonds. The predicted molar refractivity (Wildman–Crippen MR) is 303 cm³/mol. The molecule has 0 radical (unpaired) electrons. The summed E-state index contributed by atoms with van der Waals surface area (Å²) >= 11 is 0. The van der Waals surface area contributed by atoms with Crippen molar-refractivity contribution in [1.82, 2.24) is 0 Å². The van der Waals surface area contributed by atoms with E-state index in [9.17, 15) is 21.0 Å². The predicted octanol–water partition coefficient (Wildman–Crippen LogP) is 18.1.